The van der Waals surface area contributed by atoms with Gasteiger partial charge in [-0.2, -0.15) is 0 Å². The molecule has 0 spiro atoms. The average Bonchev–Trinajstić information content (AvgIpc) is 2.40. The molecule has 4 heteroatoms. The van der Waals surface area contributed by atoms with E-state index in [-0.39, 0.29) is 0 Å². The van der Waals surface area contributed by atoms with E-state index in [1.165, 1.54) is 32.5 Å². The minimum absolute atomic E-state index is 0.349. The molecule has 1 N–H and O–H groups in total. The average molecular weight is 283 g/mol. The Balaban J connectivity index is 1.69. The number of rotatable bonds is 5. The van der Waals surface area contributed by atoms with Crippen molar-refractivity contribution in [2.24, 2.45) is 5.92 Å². The van der Waals surface area contributed by atoms with Gasteiger partial charge in [0.15, 0.2) is 0 Å². The van der Waals surface area contributed by atoms with Gasteiger partial charge in [0, 0.05) is 31.7 Å². The molecule has 2 rings (SSSR count). The Morgan fingerprint density at radius 3 is 2.45 bits per heavy atom. The number of hydrogen-bond acceptors (Lipinski definition) is 4. The molecule has 2 fully saturated rings. The van der Waals surface area contributed by atoms with Crippen LogP contribution in [0.5, 0.6) is 0 Å². The molecule has 2 aliphatic rings. The molecule has 0 aromatic carbocycles. The molecule has 2 saturated heterocycles. The summed E-state index contributed by atoms with van der Waals surface area (Å²) in [6.45, 7) is 13.6. The number of ether oxygens (including phenoxy) is 1. The first-order chi connectivity index (χ1) is 9.54. The summed E-state index contributed by atoms with van der Waals surface area (Å²) in [4.78, 5) is 4.98. The van der Waals surface area contributed by atoms with Crippen LogP contribution in [0.4, 0.5) is 0 Å². The molecule has 2 atom stereocenters. The first-order valence-electron chi connectivity index (χ1n) is 8.33. The predicted molar refractivity (Wildman–Crippen MR) is 84.1 cm³/mol. The van der Waals surface area contributed by atoms with Gasteiger partial charge in [-0.05, 0) is 45.8 Å². The van der Waals surface area contributed by atoms with Gasteiger partial charge < -0.3 is 19.9 Å². The normalized spacial score (nSPS) is 28.9. The van der Waals surface area contributed by atoms with Gasteiger partial charge in [0.05, 0.1) is 12.7 Å². The lowest BCUT2D eigenvalue weighted by Crippen LogP contribution is -2.54. The number of likely N-dealkylation sites (N-methyl/N-ethyl adjacent to an activating group) is 1. The maximum absolute atomic E-state index is 5.91. The molecule has 0 radical (unpaired) electrons. The Morgan fingerprint density at radius 1 is 1.15 bits per heavy atom. The third kappa shape index (κ3) is 4.99. The summed E-state index contributed by atoms with van der Waals surface area (Å²) in [6.07, 6.45) is 2.90. The minimum Gasteiger partial charge on any atom is -0.374 e. The number of hydrogen-bond donors (Lipinski definition) is 1. The lowest BCUT2D eigenvalue weighted by atomic mass is 10.0. The molecule has 118 valence electrons. The molecule has 0 aromatic rings. The quantitative estimate of drug-likeness (QED) is 0.826. The molecular weight excluding hydrogens is 250 g/mol. The molecular formula is C16H33N3O. The van der Waals surface area contributed by atoms with Crippen LogP contribution in [0, 0.1) is 5.92 Å². The largest absolute Gasteiger partial charge is 0.374 e. The van der Waals surface area contributed by atoms with Crippen LogP contribution in [0.15, 0.2) is 0 Å². The highest BCUT2D eigenvalue weighted by Gasteiger charge is 2.27. The van der Waals surface area contributed by atoms with E-state index in [2.05, 4.69) is 42.9 Å². The standard InChI is InChI=1S/C16H33N3O/c1-13(2)11-19-7-5-15(6-8-19)17-14(3)16-12-18(4)9-10-20-16/h13-17H,5-12H2,1-4H3/t14-,16-/m0/s1. The van der Waals surface area contributed by atoms with Crippen molar-refractivity contribution in [3.63, 3.8) is 0 Å². The third-order valence-electron chi connectivity index (χ3n) is 4.56. The van der Waals surface area contributed by atoms with E-state index in [1.54, 1.807) is 0 Å². The smallest absolute Gasteiger partial charge is 0.0852 e. The van der Waals surface area contributed by atoms with E-state index in [4.69, 9.17) is 4.74 Å². The predicted octanol–water partition coefficient (Wildman–Crippen LogP) is 1.42. The van der Waals surface area contributed by atoms with Crippen molar-refractivity contribution in [3.8, 4) is 0 Å². The van der Waals surface area contributed by atoms with Crippen LogP contribution in [0.3, 0.4) is 0 Å². The van der Waals surface area contributed by atoms with E-state index in [1.807, 2.05) is 0 Å². The van der Waals surface area contributed by atoms with Gasteiger partial charge in [-0.15, -0.1) is 0 Å². The topological polar surface area (TPSA) is 27.7 Å². The summed E-state index contributed by atoms with van der Waals surface area (Å²) < 4.78 is 5.91. The van der Waals surface area contributed by atoms with Crippen molar-refractivity contribution in [1.82, 2.24) is 15.1 Å². The number of morpholine rings is 1. The summed E-state index contributed by atoms with van der Waals surface area (Å²) in [5.41, 5.74) is 0. The van der Waals surface area contributed by atoms with E-state index < -0.39 is 0 Å². The number of nitrogens with zero attached hydrogens (tertiary/aromatic N) is 2. The van der Waals surface area contributed by atoms with Crippen molar-refractivity contribution in [3.05, 3.63) is 0 Å². The van der Waals surface area contributed by atoms with Gasteiger partial charge in [0.25, 0.3) is 0 Å². The van der Waals surface area contributed by atoms with Crippen LogP contribution in [0.2, 0.25) is 0 Å². The first kappa shape index (κ1) is 16.2. The van der Waals surface area contributed by atoms with E-state index >= 15 is 0 Å². The molecule has 0 aromatic heterocycles. The van der Waals surface area contributed by atoms with Gasteiger partial charge >= 0.3 is 0 Å². The van der Waals surface area contributed by atoms with Crippen LogP contribution in [-0.4, -0.2) is 74.4 Å². The first-order valence-corrected chi connectivity index (χ1v) is 8.33. The molecule has 0 unspecified atom stereocenters. The van der Waals surface area contributed by atoms with Crippen LogP contribution >= 0.6 is 0 Å². The maximum Gasteiger partial charge on any atom is 0.0852 e. The number of piperidine rings is 1. The number of likely N-dealkylation sites (tertiary alicyclic amines) is 1. The fraction of sp³-hybridized carbons (Fsp3) is 1.00. The lowest BCUT2D eigenvalue weighted by molar-refractivity contribution is -0.0383. The van der Waals surface area contributed by atoms with Crippen molar-refractivity contribution in [2.45, 2.75) is 51.8 Å². The molecule has 20 heavy (non-hydrogen) atoms. The lowest BCUT2D eigenvalue weighted by Gasteiger charge is -2.38. The van der Waals surface area contributed by atoms with Gasteiger partial charge in [0.1, 0.15) is 0 Å². The zero-order valence-electron chi connectivity index (χ0n) is 13.8. The van der Waals surface area contributed by atoms with Crippen molar-refractivity contribution < 1.29 is 4.74 Å². The zero-order valence-corrected chi connectivity index (χ0v) is 13.8. The van der Waals surface area contributed by atoms with Crippen LogP contribution in [0.25, 0.3) is 0 Å². The summed E-state index contributed by atoms with van der Waals surface area (Å²) in [5, 5.41) is 3.80. The molecule has 2 heterocycles. The summed E-state index contributed by atoms with van der Waals surface area (Å²) in [5.74, 6) is 0.782. The fourth-order valence-electron chi connectivity index (χ4n) is 3.39. The Hall–Kier alpha value is -0.160. The highest BCUT2D eigenvalue weighted by Crippen LogP contribution is 2.15. The SMILES string of the molecule is CC(C)CN1CCC(N[C@@H](C)[C@@H]2CN(C)CCO2)CC1. The summed E-state index contributed by atoms with van der Waals surface area (Å²) in [6, 6.07) is 1.13. The summed E-state index contributed by atoms with van der Waals surface area (Å²) in [7, 11) is 2.19. The van der Waals surface area contributed by atoms with E-state index in [0.29, 0.717) is 18.2 Å². The Bertz CT molecular complexity index is 277. The molecule has 2 aliphatic heterocycles. The van der Waals surface area contributed by atoms with Gasteiger partial charge in [-0.3, -0.25) is 0 Å². The van der Waals surface area contributed by atoms with Gasteiger partial charge in [-0.1, -0.05) is 13.8 Å². The van der Waals surface area contributed by atoms with Gasteiger partial charge in [-0.25, -0.2) is 0 Å². The van der Waals surface area contributed by atoms with Crippen molar-refractivity contribution >= 4 is 0 Å². The maximum atomic E-state index is 5.91. The highest BCUT2D eigenvalue weighted by molar-refractivity contribution is 4.85. The van der Waals surface area contributed by atoms with Crippen LogP contribution < -0.4 is 5.32 Å². The summed E-state index contributed by atoms with van der Waals surface area (Å²) >= 11 is 0. The Morgan fingerprint density at radius 2 is 1.85 bits per heavy atom. The minimum atomic E-state index is 0.349. The van der Waals surface area contributed by atoms with Crippen molar-refractivity contribution in [1.29, 1.82) is 0 Å². The molecule has 0 aliphatic carbocycles. The molecule has 4 nitrogen and oxygen atoms in total. The van der Waals surface area contributed by atoms with E-state index in [0.717, 1.165) is 25.6 Å². The van der Waals surface area contributed by atoms with Crippen LogP contribution in [0.1, 0.15) is 33.6 Å². The molecule has 0 amide bonds. The Kier molecular flexibility index (Phi) is 6.27. The molecule has 0 bridgehead atoms. The van der Waals surface area contributed by atoms with Crippen LogP contribution in [-0.2, 0) is 4.74 Å². The van der Waals surface area contributed by atoms with Crippen molar-refractivity contribution in [2.75, 3.05) is 46.4 Å². The van der Waals surface area contributed by atoms with Gasteiger partial charge in [0.2, 0.25) is 0 Å². The second kappa shape index (κ2) is 7.74. The fourth-order valence-corrected chi connectivity index (χ4v) is 3.39. The van der Waals surface area contributed by atoms with E-state index in [9.17, 15) is 0 Å². The third-order valence-corrected chi connectivity index (χ3v) is 4.56. The highest BCUT2D eigenvalue weighted by atomic mass is 16.5. The second-order valence-electron chi connectivity index (χ2n) is 7.10. The number of nitrogens with one attached hydrogen (secondary N) is 1. The zero-order chi connectivity index (χ0) is 14.5. The second-order valence-corrected chi connectivity index (χ2v) is 7.10. The monoisotopic (exact) mass is 283 g/mol. The molecule has 0 saturated carbocycles. The Labute approximate surface area is 124 Å².